The van der Waals surface area contributed by atoms with Crippen LogP contribution in [0.3, 0.4) is 0 Å². The normalized spacial score (nSPS) is 15.4. The molecule has 23 heavy (non-hydrogen) atoms. The van der Waals surface area contributed by atoms with E-state index in [1.165, 1.54) is 15.8 Å². The molecule has 0 atom stereocenters. The first-order chi connectivity index (χ1) is 11.2. The lowest BCUT2D eigenvalue weighted by atomic mass is 10.1. The van der Waals surface area contributed by atoms with Crippen LogP contribution in [-0.2, 0) is 0 Å². The second-order valence-corrected chi connectivity index (χ2v) is 7.02. The topological polar surface area (TPSA) is 32.3 Å². The smallest absolute Gasteiger partial charge is 0.186 e. The van der Waals surface area contributed by atoms with Gasteiger partial charge in [-0.05, 0) is 43.2 Å². The van der Waals surface area contributed by atoms with Crippen molar-refractivity contribution in [3.05, 3.63) is 47.7 Å². The maximum atomic E-state index is 4.90. The molecule has 1 aromatic carbocycles. The van der Waals surface area contributed by atoms with Crippen LogP contribution in [0.25, 0.3) is 10.2 Å². The van der Waals surface area contributed by atoms with Gasteiger partial charge in [0.05, 0.1) is 10.2 Å². The van der Waals surface area contributed by atoms with Crippen LogP contribution < -0.4 is 9.80 Å². The van der Waals surface area contributed by atoms with Gasteiger partial charge in [0.2, 0.25) is 0 Å². The summed E-state index contributed by atoms with van der Waals surface area (Å²) in [7, 11) is 0. The van der Waals surface area contributed by atoms with Crippen molar-refractivity contribution in [2.24, 2.45) is 0 Å². The third-order valence-corrected chi connectivity index (χ3v) is 5.68. The number of piperazine rings is 1. The highest BCUT2D eigenvalue weighted by atomic mass is 32.1. The van der Waals surface area contributed by atoms with Crippen LogP contribution in [0.5, 0.6) is 0 Å². The molecular weight excluding hydrogens is 304 g/mol. The molecule has 0 unspecified atom stereocenters. The summed E-state index contributed by atoms with van der Waals surface area (Å²) >= 11 is 1.80. The molecule has 4 rings (SSSR count). The predicted octanol–water partition coefficient (Wildman–Crippen LogP) is 3.63. The number of hydrogen-bond acceptors (Lipinski definition) is 5. The fourth-order valence-corrected chi connectivity index (χ4v) is 4.09. The Morgan fingerprint density at radius 1 is 0.957 bits per heavy atom. The van der Waals surface area contributed by atoms with Gasteiger partial charge >= 0.3 is 0 Å². The Bertz CT molecular complexity index is 820. The quantitative estimate of drug-likeness (QED) is 0.720. The van der Waals surface area contributed by atoms with Crippen LogP contribution in [-0.4, -0.2) is 36.1 Å². The molecule has 0 bridgehead atoms. The van der Waals surface area contributed by atoms with Crippen molar-refractivity contribution >= 4 is 32.5 Å². The van der Waals surface area contributed by atoms with Gasteiger partial charge in [0.15, 0.2) is 5.13 Å². The maximum absolute atomic E-state index is 4.90. The maximum Gasteiger partial charge on any atom is 0.186 e. The highest BCUT2D eigenvalue weighted by Gasteiger charge is 2.21. The molecule has 4 nitrogen and oxygen atoms in total. The molecule has 3 heterocycles. The SMILES string of the molecule is Cc1ccc2sc(N3CCN(c4ccccn4)CC3)nc2c1C. The first-order valence-electron chi connectivity index (χ1n) is 8.00. The van der Waals surface area contributed by atoms with Gasteiger partial charge in [-0.15, -0.1) is 0 Å². The minimum atomic E-state index is 0.991. The predicted molar refractivity (Wildman–Crippen MR) is 97.8 cm³/mol. The number of benzene rings is 1. The van der Waals surface area contributed by atoms with E-state index in [2.05, 4.69) is 46.8 Å². The van der Waals surface area contributed by atoms with Gasteiger partial charge < -0.3 is 9.80 Å². The van der Waals surface area contributed by atoms with E-state index >= 15 is 0 Å². The average molecular weight is 324 g/mol. The number of nitrogens with zero attached hydrogens (tertiary/aromatic N) is 4. The largest absolute Gasteiger partial charge is 0.353 e. The number of hydrogen-bond donors (Lipinski definition) is 0. The molecule has 0 radical (unpaired) electrons. The van der Waals surface area contributed by atoms with E-state index in [0.29, 0.717) is 0 Å². The van der Waals surface area contributed by atoms with Gasteiger partial charge in [0.25, 0.3) is 0 Å². The summed E-state index contributed by atoms with van der Waals surface area (Å²) in [5, 5.41) is 1.15. The van der Waals surface area contributed by atoms with E-state index in [1.54, 1.807) is 11.3 Å². The van der Waals surface area contributed by atoms with Crippen molar-refractivity contribution < 1.29 is 0 Å². The minimum absolute atomic E-state index is 0.991. The molecule has 0 aliphatic carbocycles. The van der Waals surface area contributed by atoms with E-state index in [0.717, 1.165) is 42.6 Å². The second-order valence-electron chi connectivity index (χ2n) is 6.01. The van der Waals surface area contributed by atoms with Gasteiger partial charge in [-0.25, -0.2) is 9.97 Å². The van der Waals surface area contributed by atoms with Gasteiger partial charge in [-0.2, -0.15) is 0 Å². The Labute approximate surface area is 140 Å². The second kappa shape index (κ2) is 5.81. The van der Waals surface area contributed by atoms with E-state index < -0.39 is 0 Å². The Balaban J connectivity index is 1.53. The van der Waals surface area contributed by atoms with Crippen molar-refractivity contribution in [3.8, 4) is 0 Å². The van der Waals surface area contributed by atoms with Crippen LogP contribution in [0.15, 0.2) is 36.5 Å². The fourth-order valence-electron chi connectivity index (χ4n) is 3.02. The fraction of sp³-hybridized carbons (Fsp3) is 0.333. The first kappa shape index (κ1) is 14.5. The Hall–Kier alpha value is -2.14. The van der Waals surface area contributed by atoms with Crippen LogP contribution in [0.4, 0.5) is 10.9 Å². The highest BCUT2D eigenvalue weighted by molar-refractivity contribution is 7.22. The number of aryl methyl sites for hydroxylation is 2. The summed E-state index contributed by atoms with van der Waals surface area (Å²) in [6.07, 6.45) is 1.86. The van der Waals surface area contributed by atoms with Gasteiger partial charge in [-0.1, -0.05) is 23.5 Å². The Morgan fingerprint density at radius 3 is 2.48 bits per heavy atom. The van der Waals surface area contributed by atoms with Crippen LogP contribution in [0.1, 0.15) is 11.1 Å². The highest BCUT2D eigenvalue weighted by Crippen LogP contribution is 2.32. The van der Waals surface area contributed by atoms with Crippen molar-refractivity contribution in [1.82, 2.24) is 9.97 Å². The zero-order valence-corrected chi connectivity index (χ0v) is 14.3. The van der Waals surface area contributed by atoms with Crippen LogP contribution in [0.2, 0.25) is 0 Å². The summed E-state index contributed by atoms with van der Waals surface area (Å²) < 4.78 is 1.29. The number of aromatic nitrogens is 2. The first-order valence-corrected chi connectivity index (χ1v) is 8.82. The van der Waals surface area contributed by atoms with E-state index in [9.17, 15) is 0 Å². The standard InChI is InChI=1S/C18H20N4S/c1-13-6-7-15-17(14(13)2)20-18(23-15)22-11-9-21(10-12-22)16-5-3-4-8-19-16/h3-8H,9-12H2,1-2H3. The number of thiazole rings is 1. The zero-order valence-electron chi connectivity index (χ0n) is 13.5. The summed E-state index contributed by atoms with van der Waals surface area (Å²) in [4.78, 5) is 14.1. The van der Waals surface area contributed by atoms with Crippen LogP contribution >= 0.6 is 11.3 Å². The van der Waals surface area contributed by atoms with E-state index in [1.807, 2.05) is 18.3 Å². The number of pyridine rings is 1. The molecule has 2 aromatic heterocycles. The molecule has 1 aliphatic rings. The lowest BCUT2D eigenvalue weighted by Crippen LogP contribution is -2.46. The minimum Gasteiger partial charge on any atom is -0.353 e. The third-order valence-electron chi connectivity index (χ3n) is 4.60. The number of fused-ring (bicyclic) bond motifs is 1. The molecule has 0 amide bonds. The lowest BCUT2D eigenvalue weighted by Gasteiger charge is -2.35. The molecule has 1 saturated heterocycles. The number of anilines is 2. The van der Waals surface area contributed by atoms with E-state index in [4.69, 9.17) is 4.98 Å². The summed E-state index contributed by atoms with van der Waals surface area (Å²) in [5.74, 6) is 1.07. The van der Waals surface area contributed by atoms with Gasteiger partial charge in [0, 0.05) is 32.4 Å². The van der Waals surface area contributed by atoms with Crippen molar-refractivity contribution in [2.45, 2.75) is 13.8 Å². The summed E-state index contributed by atoms with van der Waals surface area (Å²) in [6, 6.07) is 10.5. The number of rotatable bonds is 2. The lowest BCUT2D eigenvalue weighted by molar-refractivity contribution is 0.646. The monoisotopic (exact) mass is 324 g/mol. The summed E-state index contributed by atoms with van der Waals surface area (Å²) in [6.45, 7) is 8.29. The molecule has 3 aromatic rings. The molecule has 5 heteroatoms. The molecule has 118 valence electrons. The molecule has 0 N–H and O–H groups in total. The van der Waals surface area contributed by atoms with Crippen molar-refractivity contribution in [2.75, 3.05) is 36.0 Å². The third kappa shape index (κ3) is 2.65. The molecule has 0 spiro atoms. The van der Waals surface area contributed by atoms with Gasteiger partial charge in [0.1, 0.15) is 5.82 Å². The molecule has 1 fully saturated rings. The Kier molecular flexibility index (Phi) is 3.65. The van der Waals surface area contributed by atoms with E-state index in [-0.39, 0.29) is 0 Å². The van der Waals surface area contributed by atoms with Gasteiger partial charge in [-0.3, -0.25) is 0 Å². The zero-order chi connectivity index (χ0) is 15.8. The molecular formula is C18H20N4S. The van der Waals surface area contributed by atoms with Crippen molar-refractivity contribution in [1.29, 1.82) is 0 Å². The average Bonchev–Trinajstić information content (AvgIpc) is 3.04. The Morgan fingerprint density at radius 2 is 1.74 bits per heavy atom. The summed E-state index contributed by atoms with van der Waals surface area (Å²) in [5.41, 5.74) is 3.78. The van der Waals surface area contributed by atoms with Crippen molar-refractivity contribution in [3.63, 3.8) is 0 Å². The van der Waals surface area contributed by atoms with Crippen LogP contribution in [0, 0.1) is 13.8 Å². The molecule has 0 saturated carbocycles. The molecule has 1 aliphatic heterocycles.